The number of rotatable bonds is 7. The van der Waals surface area contributed by atoms with Crippen molar-refractivity contribution < 1.29 is 8.42 Å². The van der Waals surface area contributed by atoms with Gasteiger partial charge in [-0.25, -0.2) is 12.7 Å². The van der Waals surface area contributed by atoms with Crippen LogP contribution in [-0.2, 0) is 10.0 Å². The zero-order valence-electron chi connectivity index (χ0n) is 9.98. The first-order chi connectivity index (χ1) is 7.59. The van der Waals surface area contributed by atoms with E-state index in [9.17, 15) is 8.42 Å². The summed E-state index contributed by atoms with van der Waals surface area (Å²) in [6, 6.07) is 0.952. The molecule has 2 fully saturated rings. The first-order valence-electron chi connectivity index (χ1n) is 6.29. The van der Waals surface area contributed by atoms with E-state index in [4.69, 9.17) is 0 Å². The van der Waals surface area contributed by atoms with Crippen molar-refractivity contribution in [3.63, 3.8) is 0 Å². The van der Waals surface area contributed by atoms with Crippen LogP contribution in [-0.4, -0.2) is 44.2 Å². The van der Waals surface area contributed by atoms with E-state index in [1.165, 1.54) is 19.3 Å². The molecule has 5 heteroatoms. The minimum absolute atomic E-state index is 0.279. The summed E-state index contributed by atoms with van der Waals surface area (Å²) in [4.78, 5) is 0. The maximum absolute atomic E-state index is 11.9. The van der Waals surface area contributed by atoms with E-state index in [1.54, 1.807) is 11.4 Å². The van der Waals surface area contributed by atoms with Crippen LogP contribution in [0.25, 0.3) is 0 Å². The highest BCUT2D eigenvalue weighted by Gasteiger charge is 2.30. The van der Waals surface area contributed by atoms with Crippen LogP contribution in [0.2, 0.25) is 0 Å². The Balaban J connectivity index is 1.68. The number of hydrogen-bond acceptors (Lipinski definition) is 3. The fourth-order valence-corrected chi connectivity index (χ4v) is 3.43. The summed E-state index contributed by atoms with van der Waals surface area (Å²) in [5.41, 5.74) is 0. The van der Waals surface area contributed by atoms with Crippen LogP contribution >= 0.6 is 0 Å². The Hall–Kier alpha value is -0.130. The lowest BCUT2D eigenvalue weighted by Gasteiger charge is -2.33. The van der Waals surface area contributed by atoms with Gasteiger partial charge in [-0.2, -0.15) is 0 Å². The van der Waals surface area contributed by atoms with Crippen LogP contribution in [0.1, 0.15) is 38.5 Å². The number of nitrogens with one attached hydrogen (secondary N) is 1. The van der Waals surface area contributed by atoms with Gasteiger partial charge in [-0.3, -0.25) is 0 Å². The fraction of sp³-hybridized carbons (Fsp3) is 1.00. The molecule has 0 aromatic carbocycles. The van der Waals surface area contributed by atoms with Gasteiger partial charge in [0.2, 0.25) is 10.0 Å². The van der Waals surface area contributed by atoms with E-state index in [0.29, 0.717) is 11.8 Å². The highest BCUT2D eigenvalue weighted by Crippen LogP contribution is 2.25. The normalized spacial score (nSPS) is 22.4. The summed E-state index contributed by atoms with van der Waals surface area (Å²) < 4.78 is 25.4. The van der Waals surface area contributed by atoms with Crippen LogP contribution in [0.15, 0.2) is 0 Å². The molecule has 0 spiro atoms. The summed E-state index contributed by atoms with van der Waals surface area (Å²) in [7, 11) is -1.27. The molecule has 0 atom stereocenters. The summed E-state index contributed by atoms with van der Waals surface area (Å²) in [5.74, 6) is 0.291. The van der Waals surface area contributed by atoms with Gasteiger partial charge in [-0.1, -0.05) is 6.42 Å². The molecule has 16 heavy (non-hydrogen) atoms. The molecular weight excluding hydrogens is 224 g/mol. The Labute approximate surface area is 98.4 Å². The first-order valence-corrected chi connectivity index (χ1v) is 7.89. The van der Waals surface area contributed by atoms with Gasteiger partial charge in [0.05, 0.1) is 5.75 Å². The number of hydrogen-bond donors (Lipinski definition) is 1. The molecule has 2 saturated carbocycles. The molecule has 0 saturated heterocycles. The molecule has 4 nitrogen and oxygen atoms in total. The van der Waals surface area contributed by atoms with Gasteiger partial charge in [-0.05, 0) is 38.6 Å². The van der Waals surface area contributed by atoms with Gasteiger partial charge in [0.1, 0.15) is 0 Å². The quantitative estimate of drug-likeness (QED) is 0.680. The van der Waals surface area contributed by atoms with Crippen molar-refractivity contribution in [2.24, 2.45) is 0 Å². The zero-order chi connectivity index (χ0) is 11.6. The molecule has 2 rings (SSSR count). The maximum Gasteiger partial charge on any atom is 0.214 e. The second-order valence-electron chi connectivity index (χ2n) is 5.00. The average Bonchev–Trinajstić information content (AvgIpc) is 2.93. The van der Waals surface area contributed by atoms with Gasteiger partial charge in [0, 0.05) is 19.1 Å². The Morgan fingerprint density at radius 3 is 2.44 bits per heavy atom. The van der Waals surface area contributed by atoms with Crippen molar-refractivity contribution in [2.45, 2.75) is 50.6 Å². The van der Waals surface area contributed by atoms with E-state index in [1.807, 2.05) is 0 Å². The molecule has 0 aliphatic heterocycles. The van der Waals surface area contributed by atoms with Crippen LogP contribution in [0.5, 0.6) is 0 Å². The van der Waals surface area contributed by atoms with Crippen LogP contribution in [0.3, 0.4) is 0 Å². The Morgan fingerprint density at radius 2 is 1.94 bits per heavy atom. The first kappa shape index (κ1) is 12.3. The lowest BCUT2D eigenvalue weighted by atomic mass is 9.94. The smallest absolute Gasteiger partial charge is 0.214 e. The highest BCUT2D eigenvalue weighted by molar-refractivity contribution is 7.89. The molecule has 2 aliphatic carbocycles. The zero-order valence-corrected chi connectivity index (χ0v) is 10.8. The largest absolute Gasteiger partial charge is 0.314 e. The molecule has 0 aromatic rings. The predicted octanol–water partition coefficient (Wildman–Crippen LogP) is 0.943. The SMILES string of the molecule is CN(C1CCC1)S(=O)(=O)CCCNC1CC1. The summed E-state index contributed by atoms with van der Waals surface area (Å²) >= 11 is 0. The molecule has 0 heterocycles. The highest BCUT2D eigenvalue weighted by atomic mass is 32.2. The number of sulfonamides is 1. The topological polar surface area (TPSA) is 49.4 Å². The molecular formula is C11H22N2O2S. The third kappa shape index (κ3) is 3.18. The Bertz CT molecular complexity index is 321. The maximum atomic E-state index is 11.9. The van der Waals surface area contributed by atoms with Gasteiger partial charge in [0.15, 0.2) is 0 Å². The minimum Gasteiger partial charge on any atom is -0.314 e. The molecule has 0 bridgehead atoms. The molecule has 0 radical (unpaired) electrons. The van der Waals surface area contributed by atoms with Crippen molar-refractivity contribution in [3.8, 4) is 0 Å². The fourth-order valence-electron chi connectivity index (χ4n) is 1.97. The lowest BCUT2D eigenvalue weighted by molar-refractivity contribution is 0.249. The van der Waals surface area contributed by atoms with E-state index in [-0.39, 0.29) is 6.04 Å². The number of nitrogens with zero attached hydrogens (tertiary/aromatic N) is 1. The second-order valence-corrected chi connectivity index (χ2v) is 7.15. The van der Waals surface area contributed by atoms with Gasteiger partial charge >= 0.3 is 0 Å². The third-order valence-corrected chi connectivity index (χ3v) is 5.60. The monoisotopic (exact) mass is 246 g/mol. The average molecular weight is 246 g/mol. The summed E-state index contributed by atoms with van der Waals surface area (Å²) in [5, 5.41) is 3.34. The predicted molar refractivity (Wildman–Crippen MR) is 64.8 cm³/mol. The van der Waals surface area contributed by atoms with Gasteiger partial charge < -0.3 is 5.32 Å². The Morgan fingerprint density at radius 1 is 1.25 bits per heavy atom. The van der Waals surface area contributed by atoms with Crippen molar-refractivity contribution in [3.05, 3.63) is 0 Å². The van der Waals surface area contributed by atoms with E-state index < -0.39 is 10.0 Å². The third-order valence-electron chi connectivity index (χ3n) is 3.62. The van der Waals surface area contributed by atoms with Gasteiger partial charge in [-0.15, -0.1) is 0 Å². The molecule has 0 amide bonds. The molecule has 94 valence electrons. The van der Waals surface area contributed by atoms with Crippen molar-refractivity contribution in [1.82, 2.24) is 9.62 Å². The molecule has 0 aromatic heterocycles. The van der Waals surface area contributed by atoms with Gasteiger partial charge in [0.25, 0.3) is 0 Å². The lowest BCUT2D eigenvalue weighted by Crippen LogP contribution is -2.42. The van der Waals surface area contributed by atoms with Crippen molar-refractivity contribution in [2.75, 3.05) is 19.3 Å². The molecule has 2 aliphatic rings. The molecule has 1 N–H and O–H groups in total. The van der Waals surface area contributed by atoms with Crippen molar-refractivity contribution in [1.29, 1.82) is 0 Å². The van der Waals surface area contributed by atoms with Crippen LogP contribution < -0.4 is 5.32 Å². The van der Waals surface area contributed by atoms with E-state index in [2.05, 4.69) is 5.32 Å². The van der Waals surface area contributed by atoms with E-state index >= 15 is 0 Å². The standard InChI is InChI=1S/C11H22N2O2S/c1-13(11-4-2-5-11)16(14,15)9-3-8-12-10-6-7-10/h10-12H,2-9H2,1H3. The van der Waals surface area contributed by atoms with Crippen molar-refractivity contribution >= 4 is 10.0 Å². The van der Waals surface area contributed by atoms with Crippen LogP contribution in [0.4, 0.5) is 0 Å². The summed E-state index contributed by atoms with van der Waals surface area (Å²) in [6.45, 7) is 0.836. The minimum atomic E-state index is -3.00. The molecule has 0 unspecified atom stereocenters. The summed E-state index contributed by atoms with van der Waals surface area (Å²) in [6.07, 6.45) is 6.50. The van der Waals surface area contributed by atoms with Crippen LogP contribution in [0, 0.1) is 0 Å². The second kappa shape index (κ2) is 5.02. The Kier molecular flexibility index (Phi) is 3.87. The van der Waals surface area contributed by atoms with E-state index in [0.717, 1.165) is 25.8 Å².